The second-order valence-electron chi connectivity index (χ2n) is 6.37. The summed E-state index contributed by atoms with van der Waals surface area (Å²) < 4.78 is 5.89. The van der Waals surface area contributed by atoms with Gasteiger partial charge in [0.05, 0.1) is 16.2 Å². The summed E-state index contributed by atoms with van der Waals surface area (Å²) in [4.78, 5) is 19.7. The Morgan fingerprint density at radius 3 is 2.89 bits per heavy atom. The summed E-state index contributed by atoms with van der Waals surface area (Å²) in [6.45, 7) is 0.780. The van der Waals surface area contributed by atoms with Crippen LogP contribution in [0, 0.1) is 10.1 Å². The first-order valence-corrected chi connectivity index (χ1v) is 9.19. The second-order valence-corrected chi connectivity index (χ2v) is 6.80. The molecule has 0 amide bonds. The van der Waals surface area contributed by atoms with Crippen molar-refractivity contribution in [3.05, 3.63) is 86.9 Å². The molecule has 140 valence electrons. The van der Waals surface area contributed by atoms with E-state index >= 15 is 0 Å². The van der Waals surface area contributed by atoms with Gasteiger partial charge >= 0.3 is 0 Å². The topological polar surface area (TPSA) is 81.5 Å². The second kappa shape index (κ2) is 7.78. The van der Waals surface area contributed by atoms with Crippen LogP contribution in [0.4, 0.5) is 5.69 Å². The SMILES string of the molecule is O=[N+]([O-])c1cc(Cl)ccc1-c1ccc(/C=C2\CCCN=C2c2cccnc2)o1. The van der Waals surface area contributed by atoms with Gasteiger partial charge in [-0.3, -0.25) is 20.1 Å². The van der Waals surface area contributed by atoms with E-state index in [-0.39, 0.29) is 5.69 Å². The van der Waals surface area contributed by atoms with Gasteiger partial charge in [-0.05, 0) is 60.9 Å². The summed E-state index contributed by atoms with van der Waals surface area (Å²) >= 11 is 5.89. The van der Waals surface area contributed by atoms with E-state index in [1.807, 2.05) is 18.2 Å². The maximum absolute atomic E-state index is 11.3. The molecule has 0 bridgehead atoms. The third kappa shape index (κ3) is 3.73. The van der Waals surface area contributed by atoms with Gasteiger partial charge in [0.1, 0.15) is 11.5 Å². The van der Waals surface area contributed by atoms with E-state index in [1.165, 1.54) is 6.07 Å². The number of nitro groups is 1. The van der Waals surface area contributed by atoms with Crippen molar-refractivity contribution in [3.63, 3.8) is 0 Å². The third-order valence-corrected chi connectivity index (χ3v) is 4.71. The van der Waals surface area contributed by atoms with Crippen molar-refractivity contribution in [1.29, 1.82) is 0 Å². The minimum absolute atomic E-state index is 0.0867. The number of hydrogen-bond donors (Lipinski definition) is 0. The molecule has 0 atom stereocenters. The van der Waals surface area contributed by atoms with Crippen LogP contribution in [-0.4, -0.2) is 22.2 Å². The Hall–Kier alpha value is -3.25. The van der Waals surface area contributed by atoms with Crippen molar-refractivity contribution >= 4 is 29.1 Å². The van der Waals surface area contributed by atoms with E-state index in [0.717, 1.165) is 36.2 Å². The molecule has 0 N–H and O–H groups in total. The first kappa shape index (κ1) is 18.1. The van der Waals surface area contributed by atoms with Gasteiger partial charge in [0, 0.05) is 35.6 Å². The smallest absolute Gasteiger partial charge is 0.281 e. The molecule has 3 aromatic rings. The first-order valence-electron chi connectivity index (χ1n) is 8.82. The lowest BCUT2D eigenvalue weighted by atomic mass is 9.96. The Kier molecular flexibility index (Phi) is 5.04. The molecule has 28 heavy (non-hydrogen) atoms. The fourth-order valence-corrected chi connectivity index (χ4v) is 3.38. The van der Waals surface area contributed by atoms with Crippen molar-refractivity contribution < 1.29 is 9.34 Å². The molecule has 4 rings (SSSR count). The minimum atomic E-state index is -0.462. The Morgan fingerprint density at radius 1 is 1.21 bits per heavy atom. The van der Waals surface area contributed by atoms with Gasteiger partial charge in [-0.2, -0.15) is 0 Å². The van der Waals surface area contributed by atoms with Crippen molar-refractivity contribution in [2.75, 3.05) is 6.54 Å². The van der Waals surface area contributed by atoms with E-state index in [4.69, 9.17) is 16.0 Å². The van der Waals surface area contributed by atoms with Gasteiger partial charge in [0.2, 0.25) is 0 Å². The van der Waals surface area contributed by atoms with Crippen LogP contribution >= 0.6 is 11.6 Å². The molecule has 3 heterocycles. The maximum atomic E-state index is 11.3. The van der Waals surface area contributed by atoms with Gasteiger partial charge in [-0.15, -0.1) is 0 Å². The normalized spacial score (nSPS) is 15.5. The molecule has 0 radical (unpaired) electrons. The molecular weight excluding hydrogens is 378 g/mol. The Morgan fingerprint density at radius 2 is 2.11 bits per heavy atom. The predicted molar refractivity (Wildman–Crippen MR) is 109 cm³/mol. The number of furan rings is 1. The zero-order valence-corrected chi connectivity index (χ0v) is 15.6. The molecule has 0 fully saturated rings. The van der Waals surface area contributed by atoms with Gasteiger partial charge in [0.25, 0.3) is 5.69 Å². The molecule has 0 spiro atoms. The van der Waals surface area contributed by atoms with Crippen LogP contribution in [0.25, 0.3) is 17.4 Å². The lowest BCUT2D eigenvalue weighted by Crippen LogP contribution is -2.11. The number of nitrogens with zero attached hydrogens (tertiary/aromatic N) is 3. The summed E-state index contributed by atoms with van der Waals surface area (Å²) in [6, 6.07) is 11.9. The van der Waals surface area contributed by atoms with E-state index < -0.39 is 4.92 Å². The van der Waals surface area contributed by atoms with E-state index in [2.05, 4.69) is 9.98 Å². The maximum Gasteiger partial charge on any atom is 0.281 e. The van der Waals surface area contributed by atoms with Gasteiger partial charge in [-0.25, -0.2) is 0 Å². The number of benzene rings is 1. The van der Waals surface area contributed by atoms with Crippen LogP contribution in [0.3, 0.4) is 0 Å². The van der Waals surface area contributed by atoms with Crippen molar-refractivity contribution in [3.8, 4) is 11.3 Å². The van der Waals surface area contributed by atoms with Crippen molar-refractivity contribution in [2.24, 2.45) is 4.99 Å². The largest absolute Gasteiger partial charge is 0.456 e. The molecule has 7 heteroatoms. The van der Waals surface area contributed by atoms with Crippen LogP contribution in [0.2, 0.25) is 5.02 Å². The van der Waals surface area contributed by atoms with Gasteiger partial charge in [-0.1, -0.05) is 11.6 Å². The fraction of sp³-hybridized carbons (Fsp3) is 0.143. The van der Waals surface area contributed by atoms with Crippen LogP contribution in [0.1, 0.15) is 24.2 Å². The number of aliphatic imine (C=N–C) groups is 1. The molecule has 6 nitrogen and oxygen atoms in total. The zero-order chi connectivity index (χ0) is 19.5. The predicted octanol–water partition coefficient (Wildman–Crippen LogP) is 5.57. The molecule has 2 aromatic heterocycles. The van der Waals surface area contributed by atoms with E-state index in [1.54, 1.807) is 36.7 Å². The average Bonchev–Trinajstić information content (AvgIpc) is 3.17. The Bertz CT molecular complexity index is 1090. The number of halogens is 1. The quantitative estimate of drug-likeness (QED) is 0.428. The number of hydrogen-bond acceptors (Lipinski definition) is 5. The number of allylic oxidation sites excluding steroid dienone is 1. The Labute approximate surface area is 166 Å². The summed E-state index contributed by atoms with van der Waals surface area (Å²) in [7, 11) is 0. The lowest BCUT2D eigenvalue weighted by molar-refractivity contribution is -0.384. The summed E-state index contributed by atoms with van der Waals surface area (Å²) in [5.41, 5.74) is 3.24. The summed E-state index contributed by atoms with van der Waals surface area (Å²) in [5.74, 6) is 1.04. The molecule has 0 aliphatic carbocycles. The van der Waals surface area contributed by atoms with Crippen LogP contribution in [0.15, 0.2) is 69.8 Å². The fourth-order valence-electron chi connectivity index (χ4n) is 3.21. The average molecular weight is 394 g/mol. The molecule has 0 unspecified atom stereocenters. The Balaban J connectivity index is 1.69. The summed E-state index contributed by atoms with van der Waals surface area (Å²) in [5, 5.41) is 11.7. The minimum Gasteiger partial charge on any atom is -0.456 e. The number of nitro benzene ring substituents is 1. The van der Waals surface area contributed by atoms with Gasteiger partial charge in [0.15, 0.2) is 0 Å². The summed E-state index contributed by atoms with van der Waals surface area (Å²) in [6.07, 6.45) is 7.31. The van der Waals surface area contributed by atoms with Crippen LogP contribution in [-0.2, 0) is 0 Å². The van der Waals surface area contributed by atoms with Crippen molar-refractivity contribution in [1.82, 2.24) is 4.98 Å². The van der Waals surface area contributed by atoms with Crippen LogP contribution in [0.5, 0.6) is 0 Å². The molecule has 1 aliphatic heterocycles. The zero-order valence-electron chi connectivity index (χ0n) is 14.8. The standard InChI is InChI=1S/C21H16ClN3O3/c22-16-5-7-18(19(12-16)25(26)27)20-8-6-17(28-20)11-14-3-2-10-24-21(14)15-4-1-9-23-13-15/h1,4-9,11-13H,2-3,10H2/b14-11+. The third-order valence-electron chi connectivity index (χ3n) is 4.48. The van der Waals surface area contributed by atoms with Gasteiger partial charge < -0.3 is 4.42 Å². The highest BCUT2D eigenvalue weighted by molar-refractivity contribution is 6.30. The molecule has 1 aromatic carbocycles. The monoisotopic (exact) mass is 393 g/mol. The molecule has 1 aliphatic rings. The number of rotatable bonds is 4. The van der Waals surface area contributed by atoms with Crippen molar-refractivity contribution in [2.45, 2.75) is 12.8 Å². The lowest BCUT2D eigenvalue weighted by Gasteiger charge is -2.15. The van der Waals surface area contributed by atoms with E-state index in [0.29, 0.717) is 22.1 Å². The molecule has 0 saturated heterocycles. The first-order chi connectivity index (χ1) is 13.6. The number of pyridine rings is 1. The number of aromatic nitrogens is 1. The molecule has 0 saturated carbocycles. The van der Waals surface area contributed by atoms with E-state index in [9.17, 15) is 10.1 Å². The highest BCUT2D eigenvalue weighted by Crippen LogP contribution is 2.34. The van der Waals surface area contributed by atoms with Crippen LogP contribution < -0.4 is 0 Å². The highest BCUT2D eigenvalue weighted by Gasteiger charge is 2.19. The molecular formula is C21H16ClN3O3. The highest BCUT2D eigenvalue weighted by atomic mass is 35.5.